The maximum Gasteiger partial charge on any atom is 0.321 e. The van der Waals surface area contributed by atoms with Gasteiger partial charge in [0, 0.05) is 35.0 Å². The monoisotopic (exact) mass is 490 g/mol. The Hall–Kier alpha value is -3.25. The van der Waals surface area contributed by atoms with E-state index in [2.05, 4.69) is 24.4 Å². The third-order valence-electron chi connectivity index (χ3n) is 5.41. The van der Waals surface area contributed by atoms with Gasteiger partial charge in [0.2, 0.25) is 0 Å². The van der Waals surface area contributed by atoms with Gasteiger partial charge in [0.1, 0.15) is 5.75 Å². The van der Waals surface area contributed by atoms with Gasteiger partial charge in [0.25, 0.3) is 0 Å². The minimum atomic E-state index is -0.209. The lowest BCUT2D eigenvalue weighted by Crippen LogP contribution is -2.41. The third-order valence-corrected chi connectivity index (χ3v) is 6.43. The molecule has 3 aromatic carbocycles. The van der Waals surface area contributed by atoms with E-state index in [0.29, 0.717) is 25.3 Å². The molecule has 184 valence electrons. The first-order chi connectivity index (χ1) is 17.1. The average Bonchev–Trinajstić information content (AvgIpc) is 2.87. The van der Waals surface area contributed by atoms with Gasteiger partial charge in [-0.25, -0.2) is 4.79 Å². The van der Waals surface area contributed by atoms with Crippen LogP contribution < -0.4 is 15.0 Å². The Balaban J connectivity index is 1.65. The quantitative estimate of drug-likeness (QED) is 0.167. The van der Waals surface area contributed by atoms with Crippen LogP contribution in [0.25, 0.3) is 0 Å². The number of amides is 2. The normalized spacial score (nSPS) is 10.6. The molecule has 6 heteroatoms. The van der Waals surface area contributed by atoms with Crippen LogP contribution in [0.4, 0.5) is 10.5 Å². The van der Waals surface area contributed by atoms with Gasteiger partial charge in [-0.2, -0.15) is 0 Å². The Morgan fingerprint density at radius 2 is 1.51 bits per heavy atom. The van der Waals surface area contributed by atoms with Crippen LogP contribution in [-0.2, 0) is 11.2 Å². The highest BCUT2D eigenvalue weighted by Crippen LogP contribution is 2.30. The zero-order valence-electron chi connectivity index (χ0n) is 20.5. The van der Waals surface area contributed by atoms with E-state index < -0.39 is 0 Å². The van der Waals surface area contributed by atoms with E-state index in [-0.39, 0.29) is 12.0 Å². The van der Waals surface area contributed by atoms with Crippen molar-refractivity contribution in [1.82, 2.24) is 5.32 Å². The predicted molar refractivity (Wildman–Crippen MR) is 143 cm³/mol. The van der Waals surface area contributed by atoms with Gasteiger partial charge in [0.05, 0.1) is 0 Å². The Bertz CT molecular complexity index is 1050. The molecule has 0 aliphatic carbocycles. The summed E-state index contributed by atoms with van der Waals surface area (Å²) in [5.41, 5.74) is 2.08. The molecule has 3 aromatic rings. The number of carbonyl (C=O) groups excluding carboxylic acids is 2. The molecule has 0 fully saturated rings. The van der Waals surface area contributed by atoms with Crippen molar-refractivity contribution in [2.24, 2.45) is 0 Å². The zero-order chi connectivity index (χ0) is 24.9. The van der Waals surface area contributed by atoms with Gasteiger partial charge in [-0.1, -0.05) is 62.4 Å². The number of esters is 1. The lowest BCUT2D eigenvalue weighted by Gasteiger charge is -2.23. The molecule has 3 rings (SSSR count). The Kier molecular flexibility index (Phi) is 10.7. The summed E-state index contributed by atoms with van der Waals surface area (Å²) in [7, 11) is 0. The second kappa shape index (κ2) is 14.2. The van der Waals surface area contributed by atoms with Gasteiger partial charge >= 0.3 is 12.0 Å². The minimum Gasteiger partial charge on any atom is -0.427 e. The molecule has 0 aromatic heterocycles. The van der Waals surface area contributed by atoms with Gasteiger partial charge in [0.15, 0.2) is 0 Å². The van der Waals surface area contributed by atoms with Gasteiger partial charge in [-0.15, -0.1) is 0 Å². The number of rotatable bonds is 12. The number of anilines is 1. The van der Waals surface area contributed by atoms with E-state index in [1.54, 1.807) is 11.8 Å². The Labute approximate surface area is 212 Å². The Morgan fingerprint density at radius 3 is 2.14 bits per heavy atom. The SMILES string of the molecule is CCCCNC(=O)N(CCc1ccccc1)c1ccc(Sc2ccc(OC(=O)CCC)cc2)cc1. The molecule has 0 saturated heterocycles. The first kappa shape index (κ1) is 26.4. The number of unbranched alkanes of at least 4 members (excludes halogenated alkanes) is 1. The molecule has 0 saturated carbocycles. The molecule has 35 heavy (non-hydrogen) atoms. The molecular weight excluding hydrogens is 456 g/mol. The van der Waals surface area contributed by atoms with Crippen molar-refractivity contribution >= 4 is 29.4 Å². The molecule has 1 N–H and O–H groups in total. The highest BCUT2D eigenvalue weighted by Gasteiger charge is 2.15. The maximum absolute atomic E-state index is 12.9. The summed E-state index contributed by atoms with van der Waals surface area (Å²) < 4.78 is 5.32. The highest BCUT2D eigenvalue weighted by molar-refractivity contribution is 7.99. The van der Waals surface area contributed by atoms with Crippen molar-refractivity contribution in [3.05, 3.63) is 84.4 Å². The molecule has 0 spiro atoms. The van der Waals surface area contributed by atoms with Crippen LogP contribution in [0.2, 0.25) is 0 Å². The molecule has 5 nitrogen and oxygen atoms in total. The molecule has 0 unspecified atom stereocenters. The van der Waals surface area contributed by atoms with Crippen LogP contribution in [0.15, 0.2) is 88.7 Å². The lowest BCUT2D eigenvalue weighted by atomic mass is 10.1. The summed E-state index contributed by atoms with van der Waals surface area (Å²) >= 11 is 1.62. The first-order valence-corrected chi connectivity index (χ1v) is 13.1. The number of carbonyl (C=O) groups is 2. The van der Waals surface area contributed by atoms with Crippen LogP contribution in [0.1, 0.15) is 45.1 Å². The number of hydrogen-bond acceptors (Lipinski definition) is 4. The average molecular weight is 491 g/mol. The zero-order valence-corrected chi connectivity index (χ0v) is 21.4. The Morgan fingerprint density at radius 1 is 0.857 bits per heavy atom. The number of ether oxygens (including phenoxy) is 1. The smallest absolute Gasteiger partial charge is 0.321 e. The van der Waals surface area contributed by atoms with Crippen molar-refractivity contribution < 1.29 is 14.3 Å². The van der Waals surface area contributed by atoms with Gasteiger partial charge < -0.3 is 10.1 Å². The molecule has 0 radical (unpaired) electrons. The van der Waals surface area contributed by atoms with Crippen molar-refractivity contribution in [3.8, 4) is 5.75 Å². The molecule has 0 aliphatic heterocycles. The summed E-state index contributed by atoms with van der Waals surface area (Å²) in [4.78, 5) is 28.5. The van der Waals surface area contributed by atoms with Crippen LogP contribution >= 0.6 is 11.8 Å². The second-order valence-electron chi connectivity index (χ2n) is 8.26. The number of benzene rings is 3. The molecule has 0 aliphatic rings. The van der Waals surface area contributed by atoms with Crippen molar-refractivity contribution in [1.29, 1.82) is 0 Å². The molecule has 0 bridgehead atoms. The summed E-state index contributed by atoms with van der Waals surface area (Å²) in [6.07, 6.45) is 3.98. The fraction of sp³-hybridized carbons (Fsp3) is 0.310. The molecular formula is C29H34N2O3S. The highest BCUT2D eigenvalue weighted by atomic mass is 32.2. The fourth-order valence-electron chi connectivity index (χ4n) is 3.49. The lowest BCUT2D eigenvalue weighted by molar-refractivity contribution is -0.134. The van der Waals surface area contributed by atoms with E-state index in [9.17, 15) is 9.59 Å². The second-order valence-corrected chi connectivity index (χ2v) is 9.41. The summed E-state index contributed by atoms with van der Waals surface area (Å²) in [6, 6.07) is 25.7. The van der Waals surface area contributed by atoms with Crippen LogP contribution in [0, 0.1) is 0 Å². The van der Waals surface area contributed by atoms with E-state index in [1.807, 2.05) is 78.6 Å². The summed E-state index contributed by atoms with van der Waals surface area (Å²) in [6.45, 7) is 5.34. The van der Waals surface area contributed by atoms with Gasteiger partial charge in [-0.3, -0.25) is 9.69 Å². The summed E-state index contributed by atoms with van der Waals surface area (Å²) in [5, 5.41) is 3.05. The first-order valence-electron chi connectivity index (χ1n) is 12.3. The topological polar surface area (TPSA) is 58.6 Å². The minimum absolute atomic E-state index is 0.0667. The molecule has 2 amide bonds. The molecule has 0 atom stereocenters. The number of hydrogen-bond donors (Lipinski definition) is 1. The van der Waals surface area contributed by atoms with Crippen LogP contribution in [0.5, 0.6) is 5.75 Å². The fourth-order valence-corrected chi connectivity index (χ4v) is 4.31. The standard InChI is InChI=1S/C29H34N2O3S/c1-3-5-21-30-29(33)31(22-20-23-10-7-6-8-11-23)24-12-16-26(17-13-24)35-27-18-14-25(15-19-27)34-28(32)9-4-2/h6-8,10-19H,3-5,9,20-22H2,1-2H3,(H,30,33). The van der Waals surface area contributed by atoms with Crippen LogP contribution in [0.3, 0.4) is 0 Å². The van der Waals surface area contributed by atoms with E-state index >= 15 is 0 Å². The third kappa shape index (κ3) is 8.80. The summed E-state index contributed by atoms with van der Waals surface area (Å²) in [5.74, 6) is 0.352. The van der Waals surface area contributed by atoms with E-state index in [0.717, 1.165) is 41.2 Å². The predicted octanol–water partition coefficient (Wildman–Crippen LogP) is 7.10. The van der Waals surface area contributed by atoms with Crippen molar-refractivity contribution in [2.75, 3.05) is 18.0 Å². The maximum atomic E-state index is 12.9. The van der Waals surface area contributed by atoms with Crippen molar-refractivity contribution in [2.45, 2.75) is 55.7 Å². The van der Waals surface area contributed by atoms with E-state index in [1.165, 1.54) is 5.56 Å². The van der Waals surface area contributed by atoms with E-state index in [4.69, 9.17) is 4.74 Å². The molecule has 0 heterocycles. The number of urea groups is 1. The largest absolute Gasteiger partial charge is 0.427 e. The number of nitrogens with zero attached hydrogens (tertiary/aromatic N) is 1. The van der Waals surface area contributed by atoms with Crippen molar-refractivity contribution in [3.63, 3.8) is 0 Å². The van der Waals surface area contributed by atoms with Gasteiger partial charge in [-0.05, 0) is 73.4 Å². The van der Waals surface area contributed by atoms with Crippen LogP contribution in [-0.4, -0.2) is 25.1 Å². The number of nitrogens with one attached hydrogen (secondary N) is 1.